The zero-order valence-electron chi connectivity index (χ0n) is 12.2. The van der Waals surface area contributed by atoms with E-state index in [2.05, 4.69) is 5.32 Å². The first-order chi connectivity index (χ1) is 10.8. The molecule has 0 bridgehead atoms. The molecule has 1 atom stereocenters. The summed E-state index contributed by atoms with van der Waals surface area (Å²) in [7, 11) is -3.75. The average Bonchev–Trinajstić information content (AvgIpc) is 2.47. The minimum Gasteiger partial charge on any atom is -0.445 e. The number of amides is 4. The molecule has 1 saturated heterocycles. The molecule has 9 nitrogen and oxygen atoms in total. The van der Waals surface area contributed by atoms with E-state index in [1.54, 1.807) is 29.0 Å². The van der Waals surface area contributed by atoms with Crippen molar-refractivity contribution in [1.82, 2.24) is 14.9 Å². The highest BCUT2D eigenvalue weighted by atomic mass is 32.2. The number of sulfonamides is 1. The third-order valence-corrected chi connectivity index (χ3v) is 3.50. The van der Waals surface area contributed by atoms with E-state index in [0.717, 1.165) is 11.8 Å². The monoisotopic (exact) mass is 341 g/mol. The van der Waals surface area contributed by atoms with Gasteiger partial charge in [0.05, 0.1) is 12.8 Å². The summed E-state index contributed by atoms with van der Waals surface area (Å²) in [5, 5.41) is 2.30. The molecule has 0 radical (unpaired) electrons. The fourth-order valence-corrected chi connectivity index (χ4v) is 2.26. The molecule has 1 aromatic carbocycles. The topological polar surface area (TPSA) is 122 Å². The molecule has 1 heterocycles. The molecular formula is C13H15N3O6S. The number of hydrogen-bond donors (Lipinski definition) is 2. The number of nitrogens with one attached hydrogen (secondary N) is 2. The van der Waals surface area contributed by atoms with Gasteiger partial charge in [0.2, 0.25) is 10.0 Å². The van der Waals surface area contributed by atoms with Gasteiger partial charge < -0.3 is 10.1 Å². The molecule has 4 amide bonds. The largest absolute Gasteiger partial charge is 0.445 e. The van der Waals surface area contributed by atoms with Gasteiger partial charge in [-0.3, -0.25) is 9.69 Å². The van der Waals surface area contributed by atoms with Gasteiger partial charge in [-0.25, -0.2) is 22.7 Å². The molecule has 23 heavy (non-hydrogen) atoms. The first-order valence-electron chi connectivity index (χ1n) is 6.56. The van der Waals surface area contributed by atoms with E-state index in [-0.39, 0.29) is 13.2 Å². The normalized spacial score (nSPS) is 17.2. The van der Waals surface area contributed by atoms with Crippen LogP contribution in [0, 0.1) is 0 Å². The predicted octanol–water partition coefficient (Wildman–Crippen LogP) is -0.207. The quantitative estimate of drug-likeness (QED) is 0.731. The number of urea groups is 1. The summed E-state index contributed by atoms with van der Waals surface area (Å²) in [6.07, 6.45) is 0.00151. The first-order valence-corrected chi connectivity index (χ1v) is 8.46. The van der Waals surface area contributed by atoms with E-state index in [1.807, 2.05) is 6.07 Å². The van der Waals surface area contributed by atoms with Crippen molar-refractivity contribution in [3.63, 3.8) is 0 Å². The van der Waals surface area contributed by atoms with Gasteiger partial charge in [-0.2, -0.15) is 0 Å². The van der Waals surface area contributed by atoms with Crippen LogP contribution in [-0.2, 0) is 26.2 Å². The van der Waals surface area contributed by atoms with E-state index in [0.29, 0.717) is 4.90 Å². The van der Waals surface area contributed by atoms with Crippen LogP contribution < -0.4 is 10.0 Å². The Morgan fingerprint density at radius 2 is 1.96 bits per heavy atom. The number of carbonyl (C=O) groups is 3. The number of benzene rings is 1. The molecule has 0 saturated carbocycles. The molecule has 0 aliphatic carbocycles. The molecule has 0 unspecified atom stereocenters. The smallest absolute Gasteiger partial charge is 0.408 e. The van der Waals surface area contributed by atoms with Crippen LogP contribution in [0.2, 0.25) is 0 Å². The number of likely N-dealkylation sites (tertiary alicyclic amines) is 1. The Kier molecular flexibility index (Phi) is 4.84. The fourth-order valence-electron chi connectivity index (χ4n) is 1.84. The van der Waals surface area contributed by atoms with Gasteiger partial charge in [0.15, 0.2) is 0 Å². The van der Waals surface area contributed by atoms with E-state index < -0.39 is 34.1 Å². The van der Waals surface area contributed by atoms with Gasteiger partial charge in [-0.15, -0.1) is 0 Å². The van der Waals surface area contributed by atoms with E-state index in [9.17, 15) is 22.8 Å². The van der Waals surface area contributed by atoms with E-state index >= 15 is 0 Å². The van der Waals surface area contributed by atoms with E-state index in [4.69, 9.17) is 4.74 Å². The lowest BCUT2D eigenvalue weighted by atomic mass is 10.1. The number of carbonyl (C=O) groups excluding carboxylic acids is 3. The molecule has 1 fully saturated rings. The van der Waals surface area contributed by atoms with Crippen molar-refractivity contribution in [2.24, 2.45) is 0 Å². The highest BCUT2D eigenvalue weighted by Gasteiger charge is 2.42. The summed E-state index contributed by atoms with van der Waals surface area (Å²) in [6, 6.07) is 7.01. The van der Waals surface area contributed by atoms with Crippen LogP contribution in [0.1, 0.15) is 5.56 Å². The van der Waals surface area contributed by atoms with Gasteiger partial charge in [0.25, 0.3) is 5.91 Å². The molecular weight excluding hydrogens is 326 g/mol. The summed E-state index contributed by atoms with van der Waals surface area (Å²) < 4.78 is 28.4. The van der Waals surface area contributed by atoms with Gasteiger partial charge in [0, 0.05) is 0 Å². The third-order valence-electron chi connectivity index (χ3n) is 2.95. The van der Waals surface area contributed by atoms with Crippen molar-refractivity contribution in [3.8, 4) is 0 Å². The molecule has 10 heteroatoms. The van der Waals surface area contributed by atoms with Crippen molar-refractivity contribution >= 4 is 28.1 Å². The lowest BCUT2D eigenvalue weighted by Gasteiger charge is -2.36. The minimum atomic E-state index is -3.75. The Bertz CT molecular complexity index is 718. The molecule has 1 aliphatic heterocycles. The Labute approximate surface area is 132 Å². The minimum absolute atomic E-state index is 0.0475. The highest BCUT2D eigenvalue weighted by molar-refractivity contribution is 7.89. The van der Waals surface area contributed by atoms with Crippen LogP contribution in [0.25, 0.3) is 0 Å². The van der Waals surface area contributed by atoms with Gasteiger partial charge >= 0.3 is 12.1 Å². The second-order valence-corrected chi connectivity index (χ2v) is 6.64. The summed E-state index contributed by atoms with van der Waals surface area (Å²) in [5.74, 6) is -0.706. The number of ether oxygens (including phenoxy) is 1. The zero-order chi connectivity index (χ0) is 17.0. The van der Waals surface area contributed by atoms with Gasteiger partial charge in [-0.05, 0) is 5.56 Å². The Balaban J connectivity index is 1.76. The molecule has 1 aromatic rings. The summed E-state index contributed by atoms with van der Waals surface area (Å²) >= 11 is 0. The van der Waals surface area contributed by atoms with Crippen LogP contribution in [0.5, 0.6) is 0 Å². The first kappa shape index (κ1) is 16.7. The van der Waals surface area contributed by atoms with Crippen molar-refractivity contribution in [3.05, 3.63) is 35.9 Å². The summed E-state index contributed by atoms with van der Waals surface area (Å²) in [5.41, 5.74) is 0.789. The van der Waals surface area contributed by atoms with Crippen molar-refractivity contribution < 1.29 is 27.5 Å². The standard InChI is InChI=1S/C13H15N3O6S/c1-23(20,21)15-12(18)16-7-10(11(16)17)14-13(19)22-8-9-5-3-2-4-6-9/h2-6,10H,7-8H2,1H3,(H,14,19)(H,15,18)/t10-/m0/s1. The second-order valence-electron chi connectivity index (χ2n) is 4.89. The number of hydrogen-bond acceptors (Lipinski definition) is 6. The Morgan fingerprint density at radius 1 is 1.30 bits per heavy atom. The SMILES string of the molecule is CS(=O)(=O)NC(=O)N1C[C@H](NC(=O)OCc2ccccc2)C1=O. The Hall–Kier alpha value is -2.62. The molecule has 2 rings (SSSR count). The van der Waals surface area contributed by atoms with Crippen LogP contribution in [0.4, 0.5) is 9.59 Å². The molecule has 0 aromatic heterocycles. The highest BCUT2D eigenvalue weighted by Crippen LogP contribution is 2.11. The van der Waals surface area contributed by atoms with Crippen LogP contribution in [-0.4, -0.2) is 50.2 Å². The number of imide groups is 1. The third kappa shape index (κ3) is 4.68. The molecule has 2 N–H and O–H groups in total. The number of nitrogens with zero attached hydrogens (tertiary/aromatic N) is 1. The Morgan fingerprint density at radius 3 is 2.52 bits per heavy atom. The number of alkyl carbamates (subject to hydrolysis) is 1. The van der Waals surface area contributed by atoms with Crippen molar-refractivity contribution in [1.29, 1.82) is 0 Å². The van der Waals surface area contributed by atoms with Crippen LogP contribution >= 0.6 is 0 Å². The van der Waals surface area contributed by atoms with Crippen molar-refractivity contribution in [2.45, 2.75) is 12.6 Å². The second kappa shape index (κ2) is 6.65. The summed E-state index contributed by atoms with van der Waals surface area (Å²) in [6.45, 7) is -0.0769. The maximum Gasteiger partial charge on any atom is 0.408 e. The van der Waals surface area contributed by atoms with Crippen LogP contribution in [0.15, 0.2) is 30.3 Å². The molecule has 1 aliphatic rings. The summed E-state index contributed by atoms with van der Waals surface area (Å²) in [4.78, 5) is 35.4. The van der Waals surface area contributed by atoms with E-state index in [1.165, 1.54) is 0 Å². The lowest BCUT2D eigenvalue weighted by molar-refractivity contribution is -0.139. The zero-order valence-corrected chi connectivity index (χ0v) is 13.0. The lowest BCUT2D eigenvalue weighted by Crippen LogP contribution is -2.67. The number of β-lactam (4-membered cyclic amide) rings is 1. The van der Waals surface area contributed by atoms with Gasteiger partial charge in [0.1, 0.15) is 12.6 Å². The predicted molar refractivity (Wildman–Crippen MR) is 78.6 cm³/mol. The van der Waals surface area contributed by atoms with Gasteiger partial charge in [-0.1, -0.05) is 30.3 Å². The maximum absolute atomic E-state index is 11.7. The maximum atomic E-state index is 11.7. The molecule has 0 spiro atoms. The average molecular weight is 341 g/mol. The molecule has 124 valence electrons. The van der Waals surface area contributed by atoms with Crippen LogP contribution in [0.3, 0.4) is 0 Å². The fraction of sp³-hybridized carbons (Fsp3) is 0.308. The van der Waals surface area contributed by atoms with Crippen molar-refractivity contribution in [2.75, 3.05) is 12.8 Å². The number of rotatable bonds is 4.